The molecule has 0 spiro atoms. The molecule has 0 radical (unpaired) electrons. The predicted octanol–water partition coefficient (Wildman–Crippen LogP) is 5.29. The molecule has 1 aliphatic carbocycles. The van der Waals surface area contributed by atoms with Gasteiger partial charge in [0.2, 0.25) is 0 Å². The Morgan fingerprint density at radius 2 is 1.26 bits per heavy atom. The fraction of sp³-hybridized carbons (Fsp3) is 0.400. The Hall–Kier alpha value is -3.28. The van der Waals surface area contributed by atoms with Crippen LogP contribution in [0.5, 0.6) is 0 Å². The van der Waals surface area contributed by atoms with Gasteiger partial charge in [-0.15, -0.1) is 0 Å². The molecule has 2 aromatic rings. The first-order valence-corrected chi connectivity index (χ1v) is 14.6. The summed E-state index contributed by atoms with van der Waals surface area (Å²) >= 11 is 0. The van der Waals surface area contributed by atoms with Crippen molar-refractivity contribution in [3.05, 3.63) is 67.8 Å². The zero-order chi connectivity index (χ0) is 32.5. The maximum absolute atomic E-state index is 12.5. The van der Waals surface area contributed by atoms with Crippen LogP contribution in [0.15, 0.2) is 36.4 Å². The summed E-state index contributed by atoms with van der Waals surface area (Å²) in [6.07, 6.45) is -9.92. The molecule has 1 unspecified atom stereocenters. The zero-order valence-corrected chi connectivity index (χ0v) is 22.7. The number of nitro benzene ring substituents is 2. The number of halogens is 6. The van der Waals surface area contributed by atoms with Crippen molar-refractivity contribution in [2.45, 2.75) is 43.4 Å². The number of alkyl halides is 6. The van der Waals surface area contributed by atoms with Crippen molar-refractivity contribution in [2.75, 3.05) is 16.8 Å². The molecular formula is C20H22F6N4O10P2. The molecule has 1 atom stereocenters. The van der Waals surface area contributed by atoms with E-state index in [2.05, 4.69) is 10.6 Å². The van der Waals surface area contributed by atoms with E-state index in [1.165, 1.54) is 6.92 Å². The highest BCUT2D eigenvalue weighted by atomic mass is 31.2. The Balaban J connectivity index is 0.000000293. The van der Waals surface area contributed by atoms with Crippen LogP contribution in [0, 0.1) is 20.2 Å². The van der Waals surface area contributed by atoms with Crippen LogP contribution in [0.1, 0.15) is 30.9 Å². The Morgan fingerprint density at radius 1 is 0.857 bits per heavy atom. The van der Waals surface area contributed by atoms with Gasteiger partial charge in [0.25, 0.3) is 11.4 Å². The molecule has 0 amide bonds. The second-order valence-corrected chi connectivity index (χ2v) is 12.7. The smallest absolute Gasteiger partial charge is 0.376 e. The van der Waals surface area contributed by atoms with Gasteiger partial charge in [-0.25, -0.2) is 0 Å². The first-order valence-electron chi connectivity index (χ1n) is 11.2. The molecule has 2 aromatic carbocycles. The molecule has 0 aromatic heterocycles. The molecule has 42 heavy (non-hydrogen) atoms. The third kappa shape index (κ3) is 9.37. The molecule has 0 aliphatic heterocycles. The average molecular weight is 654 g/mol. The van der Waals surface area contributed by atoms with E-state index in [9.17, 15) is 65.5 Å². The maximum Gasteiger partial charge on any atom is 0.416 e. The molecule has 1 fully saturated rings. The number of nitro groups is 2. The summed E-state index contributed by atoms with van der Waals surface area (Å²) in [5, 5.41) is 24.8. The number of hydrogen-bond acceptors (Lipinski definition) is 8. The second kappa shape index (κ2) is 12.1. The summed E-state index contributed by atoms with van der Waals surface area (Å²) in [5.74, 6) is 0. The van der Waals surface area contributed by atoms with Gasteiger partial charge >= 0.3 is 27.5 Å². The van der Waals surface area contributed by atoms with Gasteiger partial charge in [0, 0.05) is 18.2 Å². The minimum Gasteiger partial charge on any atom is -0.376 e. The van der Waals surface area contributed by atoms with Gasteiger partial charge < -0.3 is 30.2 Å². The molecule has 1 saturated carbocycles. The van der Waals surface area contributed by atoms with E-state index >= 15 is 0 Å². The quantitative estimate of drug-likeness (QED) is 0.0878. The molecule has 0 bridgehead atoms. The number of rotatable bonds is 9. The van der Waals surface area contributed by atoms with Crippen LogP contribution in [0.2, 0.25) is 0 Å². The van der Waals surface area contributed by atoms with Gasteiger partial charge in [0.05, 0.1) is 27.1 Å². The molecule has 3 rings (SSSR count). The SMILES string of the molecule is CC(CP(=O)(O)O)Nc1ccc(C(F)(F)F)cc1[N+](=O)[O-].O=[N+]([O-])c1cc(C(F)(F)F)ccc1NC1(P(=O)(O)O)CC1. The van der Waals surface area contributed by atoms with Crippen molar-refractivity contribution in [1.82, 2.24) is 0 Å². The molecule has 0 heterocycles. The fourth-order valence-electron chi connectivity index (χ4n) is 3.47. The lowest BCUT2D eigenvalue weighted by atomic mass is 10.1. The molecule has 22 heteroatoms. The Kier molecular flexibility index (Phi) is 10.1. The van der Waals surface area contributed by atoms with Crippen LogP contribution in [-0.2, 0) is 21.5 Å². The van der Waals surface area contributed by atoms with E-state index in [1.807, 2.05) is 0 Å². The monoisotopic (exact) mass is 654 g/mol. The topological polar surface area (TPSA) is 225 Å². The van der Waals surface area contributed by atoms with Crippen molar-refractivity contribution in [2.24, 2.45) is 0 Å². The Morgan fingerprint density at radius 3 is 1.60 bits per heavy atom. The lowest BCUT2D eigenvalue weighted by Crippen LogP contribution is -2.22. The van der Waals surface area contributed by atoms with Crippen LogP contribution in [-0.4, -0.2) is 46.9 Å². The molecule has 1 aliphatic rings. The summed E-state index contributed by atoms with van der Waals surface area (Å²) in [7, 11) is -8.92. The standard InChI is InChI=1S/C10H10F3N2O5P.C10H12F3N2O5P/c11-10(12,13)6-1-2-7(8(5-6)15(16)17)14-9(3-4-9)21(18,19)20;1-6(5-21(18,19)20)14-8-3-2-7(10(11,12)13)4-9(8)15(16)17/h1-2,5,14H,3-4H2,(H2,18,19,20);2-4,6,14H,5H2,1H3,(H2,18,19,20). The van der Waals surface area contributed by atoms with E-state index in [0.29, 0.717) is 24.3 Å². The summed E-state index contributed by atoms with van der Waals surface area (Å²) < 4.78 is 97.2. The van der Waals surface area contributed by atoms with E-state index in [0.717, 1.165) is 12.1 Å². The maximum atomic E-state index is 12.5. The van der Waals surface area contributed by atoms with Crippen LogP contribution in [0.25, 0.3) is 0 Å². The molecule has 6 N–H and O–H groups in total. The van der Waals surface area contributed by atoms with Gasteiger partial charge in [0.1, 0.15) is 16.7 Å². The van der Waals surface area contributed by atoms with Crippen molar-refractivity contribution in [3.63, 3.8) is 0 Å². The summed E-state index contributed by atoms with van der Waals surface area (Å²) in [5.41, 5.74) is -4.68. The van der Waals surface area contributed by atoms with Crippen molar-refractivity contribution in [3.8, 4) is 0 Å². The zero-order valence-electron chi connectivity index (χ0n) is 21.0. The fourth-order valence-corrected chi connectivity index (χ4v) is 5.24. The van der Waals surface area contributed by atoms with E-state index < -0.39 is 77.4 Å². The summed E-state index contributed by atoms with van der Waals surface area (Å²) in [4.78, 5) is 55.6. The minimum absolute atomic E-state index is 0.0788. The van der Waals surface area contributed by atoms with E-state index in [-0.39, 0.29) is 24.2 Å². The van der Waals surface area contributed by atoms with Crippen molar-refractivity contribution >= 4 is 37.9 Å². The van der Waals surface area contributed by atoms with Gasteiger partial charge in [-0.05, 0) is 44.0 Å². The highest BCUT2D eigenvalue weighted by molar-refractivity contribution is 7.54. The first-order chi connectivity index (χ1) is 18.9. The van der Waals surface area contributed by atoms with E-state index in [4.69, 9.17) is 9.79 Å². The van der Waals surface area contributed by atoms with Crippen molar-refractivity contribution < 1.29 is 64.9 Å². The molecule has 234 valence electrons. The molecule has 0 saturated heterocycles. The Bertz CT molecular complexity index is 1440. The van der Waals surface area contributed by atoms with Gasteiger partial charge in [-0.3, -0.25) is 29.4 Å². The van der Waals surface area contributed by atoms with Crippen molar-refractivity contribution in [1.29, 1.82) is 0 Å². The number of hydrogen-bond donors (Lipinski definition) is 6. The number of nitrogens with one attached hydrogen (secondary N) is 2. The molecule has 14 nitrogen and oxygen atoms in total. The largest absolute Gasteiger partial charge is 0.416 e. The average Bonchev–Trinajstić information content (AvgIpc) is 3.58. The minimum atomic E-state index is -4.75. The number of nitrogens with zero attached hydrogens (tertiary/aromatic N) is 2. The third-order valence-corrected chi connectivity index (χ3v) is 8.30. The number of anilines is 2. The first kappa shape index (κ1) is 34.9. The normalized spacial score (nSPS) is 15.6. The third-order valence-electron chi connectivity index (χ3n) is 5.61. The van der Waals surface area contributed by atoms with E-state index in [1.54, 1.807) is 0 Å². The molecular weight excluding hydrogens is 632 g/mol. The van der Waals surface area contributed by atoms with Gasteiger partial charge in [-0.2, -0.15) is 26.3 Å². The highest BCUT2D eigenvalue weighted by Gasteiger charge is 2.58. The van der Waals surface area contributed by atoms with Crippen LogP contribution in [0.3, 0.4) is 0 Å². The van der Waals surface area contributed by atoms with Crippen LogP contribution in [0.4, 0.5) is 49.1 Å². The summed E-state index contributed by atoms with van der Waals surface area (Å²) in [6, 6.07) is 2.77. The second-order valence-electron chi connectivity index (χ2n) is 9.07. The lowest BCUT2D eigenvalue weighted by Gasteiger charge is -2.20. The van der Waals surface area contributed by atoms with Gasteiger partial charge in [-0.1, -0.05) is 0 Å². The predicted molar refractivity (Wildman–Crippen MR) is 134 cm³/mol. The highest BCUT2D eigenvalue weighted by Crippen LogP contribution is 2.65. The van der Waals surface area contributed by atoms with Gasteiger partial charge in [0.15, 0.2) is 0 Å². The Labute approximate surface area is 231 Å². The van der Waals surface area contributed by atoms with Crippen LogP contribution >= 0.6 is 15.2 Å². The number of benzene rings is 2. The lowest BCUT2D eigenvalue weighted by molar-refractivity contribution is -0.384. The van der Waals surface area contributed by atoms with Crippen LogP contribution < -0.4 is 10.6 Å². The summed E-state index contributed by atoms with van der Waals surface area (Å²) in [6.45, 7) is 1.35.